The third-order valence-electron chi connectivity index (χ3n) is 5.10. The number of methoxy groups -OCH3 is 3. The number of aromatic nitrogens is 3. The zero-order valence-electron chi connectivity index (χ0n) is 18.9. The lowest BCUT2D eigenvalue weighted by molar-refractivity contribution is 0.0985. The molecule has 34 heavy (non-hydrogen) atoms. The van der Waals surface area contributed by atoms with Crippen molar-refractivity contribution in [2.45, 2.75) is 13.0 Å². The van der Waals surface area contributed by atoms with Crippen LogP contribution >= 0.6 is 35.3 Å². The number of halogens is 2. The van der Waals surface area contributed by atoms with Gasteiger partial charge in [0.2, 0.25) is 5.75 Å². The van der Waals surface area contributed by atoms with Crippen LogP contribution in [-0.2, 0) is 6.54 Å². The van der Waals surface area contributed by atoms with E-state index in [9.17, 15) is 4.79 Å². The zero-order valence-corrected chi connectivity index (χ0v) is 21.2. The number of thiazole rings is 1. The van der Waals surface area contributed by atoms with Gasteiger partial charge >= 0.3 is 0 Å². The molecule has 11 heteroatoms. The van der Waals surface area contributed by atoms with E-state index in [2.05, 4.69) is 9.97 Å². The Kier molecular flexibility index (Phi) is 8.60. The van der Waals surface area contributed by atoms with Crippen LogP contribution in [0.5, 0.6) is 17.2 Å². The summed E-state index contributed by atoms with van der Waals surface area (Å²) in [7, 11) is 4.56. The fourth-order valence-electron chi connectivity index (χ4n) is 3.49. The highest BCUT2D eigenvalue weighted by Crippen LogP contribution is 2.39. The summed E-state index contributed by atoms with van der Waals surface area (Å²) >= 11 is 7.76. The van der Waals surface area contributed by atoms with Gasteiger partial charge in [0.1, 0.15) is 5.52 Å². The molecular weight excluding hydrogens is 499 g/mol. The molecule has 2 heterocycles. The molecule has 0 saturated heterocycles. The normalized spacial score (nSPS) is 10.6. The summed E-state index contributed by atoms with van der Waals surface area (Å²) in [5.74, 6) is 1.02. The molecule has 0 fully saturated rings. The van der Waals surface area contributed by atoms with E-state index in [0.717, 1.165) is 4.70 Å². The van der Waals surface area contributed by atoms with Gasteiger partial charge in [0.05, 0.1) is 37.4 Å². The number of imidazole rings is 1. The fourth-order valence-corrected chi connectivity index (χ4v) is 4.78. The molecule has 0 aliphatic heterocycles. The van der Waals surface area contributed by atoms with Crippen LogP contribution < -0.4 is 19.1 Å². The van der Waals surface area contributed by atoms with Crippen molar-refractivity contribution in [3.05, 3.63) is 59.6 Å². The zero-order chi connectivity index (χ0) is 23.4. The molecule has 180 valence electrons. The molecule has 0 aliphatic rings. The van der Waals surface area contributed by atoms with Gasteiger partial charge < -0.3 is 18.8 Å². The first-order chi connectivity index (χ1) is 16.0. The summed E-state index contributed by atoms with van der Waals surface area (Å²) < 4.78 is 19.1. The first kappa shape index (κ1) is 25.6. The Morgan fingerprint density at radius 3 is 2.47 bits per heavy atom. The lowest BCUT2D eigenvalue weighted by Crippen LogP contribution is -2.32. The minimum Gasteiger partial charge on any atom is -0.493 e. The van der Waals surface area contributed by atoms with Crippen LogP contribution in [0.2, 0.25) is 5.02 Å². The predicted molar refractivity (Wildman–Crippen MR) is 136 cm³/mol. The highest BCUT2D eigenvalue weighted by molar-refractivity contribution is 7.22. The van der Waals surface area contributed by atoms with Gasteiger partial charge in [-0.3, -0.25) is 9.69 Å². The average Bonchev–Trinajstić information content (AvgIpc) is 3.51. The van der Waals surface area contributed by atoms with E-state index in [1.165, 1.54) is 32.7 Å². The first-order valence-corrected chi connectivity index (χ1v) is 11.4. The molecule has 0 aliphatic carbocycles. The Labute approximate surface area is 212 Å². The van der Waals surface area contributed by atoms with Gasteiger partial charge in [-0.05, 0) is 30.7 Å². The molecule has 0 spiro atoms. The maximum absolute atomic E-state index is 13.7. The molecule has 1 amide bonds. The molecular formula is C23H24Cl2N4O4S. The van der Waals surface area contributed by atoms with Gasteiger partial charge in [-0.25, -0.2) is 9.97 Å². The number of benzene rings is 2. The maximum atomic E-state index is 13.7. The second-order valence-electron chi connectivity index (χ2n) is 7.11. The molecule has 0 N–H and O–H groups in total. The third kappa shape index (κ3) is 5.22. The summed E-state index contributed by atoms with van der Waals surface area (Å²) in [6, 6.07) is 8.89. The summed E-state index contributed by atoms with van der Waals surface area (Å²) in [5, 5.41) is 1.12. The molecule has 4 rings (SSSR count). The number of rotatable bonds is 9. The Morgan fingerprint density at radius 2 is 1.88 bits per heavy atom. The molecule has 0 unspecified atom stereocenters. The molecule has 0 bridgehead atoms. The lowest BCUT2D eigenvalue weighted by Gasteiger charge is -2.21. The number of carbonyl (C=O) groups is 1. The Balaban J connectivity index is 0.00000324. The van der Waals surface area contributed by atoms with E-state index in [0.29, 0.717) is 58.0 Å². The van der Waals surface area contributed by atoms with Crippen LogP contribution in [0.15, 0.2) is 49.1 Å². The van der Waals surface area contributed by atoms with Gasteiger partial charge in [0.25, 0.3) is 5.91 Å². The second kappa shape index (κ2) is 11.4. The minimum absolute atomic E-state index is 0. The van der Waals surface area contributed by atoms with E-state index >= 15 is 0 Å². The van der Waals surface area contributed by atoms with Crippen molar-refractivity contribution in [2.24, 2.45) is 0 Å². The molecule has 4 aromatic rings. The van der Waals surface area contributed by atoms with Gasteiger partial charge in [-0.2, -0.15) is 0 Å². The van der Waals surface area contributed by atoms with Gasteiger partial charge in [0, 0.05) is 31.0 Å². The monoisotopic (exact) mass is 522 g/mol. The topological polar surface area (TPSA) is 78.7 Å². The van der Waals surface area contributed by atoms with Crippen LogP contribution in [0, 0.1) is 0 Å². The predicted octanol–water partition coefficient (Wildman–Crippen LogP) is 5.33. The number of anilines is 1. The summed E-state index contributed by atoms with van der Waals surface area (Å²) in [5.41, 5.74) is 1.08. The van der Waals surface area contributed by atoms with E-state index in [4.69, 9.17) is 25.8 Å². The van der Waals surface area contributed by atoms with Crippen LogP contribution in [0.3, 0.4) is 0 Å². The molecule has 0 saturated carbocycles. The van der Waals surface area contributed by atoms with Crippen LogP contribution in [0.4, 0.5) is 5.13 Å². The van der Waals surface area contributed by atoms with Crippen molar-refractivity contribution in [3.63, 3.8) is 0 Å². The summed E-state index contributed by atoms with van der Waals surface area (Å²) in [6.45, 7) is 1.16. The van der Waals surface area contributed by atoms with Crippen LogP contribution in [-0.4, -0.2) is 48.3 Å². The van der Waals surface area contributed by atoms with E-state index in [1.807, 2.05) is 22.9 Å². The maximum Gasteiger partial charge on any atom is 0.260 e. The van der Waals surface area contributed by atoms with Crippen molar-refractivity contribution in [1.29, 1.82) is 0 Å². The Morgan fingerprint density at radius 1 is 1.15 bits per heavy atom. The number of ether oxygens (including phenoxy) is 3. The van der Waals surface area contributed by atoms with Gasteiger partial charge in [-0.1, -0.05) is 29.0 Å². The Hall–Kier alpha value is -3.01. The van der Waals surface area contributed by atoms with E-state index < -0.39 is 0 Å². The molecule has 2 aromatic carbocycles. The van der Waals surface area contributed by atoms with Crippen LogP contribution in [0.25, 0.3) is 10.2 Å². The molecule has 0 atom stereocenters. The quantitative estimate of drug-likeness (QED) is 0.295. The highest BCUT2D eigenvalue weighted by Gasteiger charge is 2.25. The average molecular weight is 523 g/mol. The fraction of sp³-hybridized carbons (Fsp3) is 0.261. The van der Waals surface area contributed by atoms with Crippen molar-refractivity contribution in [3.8, 4) is 17.2 Å². The summed E-state index contributed by atoms with van der Waals surface area (Å²) in [4.78, 5) is 24.1. The van der Waals surface area contributed by atoms with E-state index in [-0.39, 0.29) is 18.3 Å². The van der Waals surface area contributed by atoms with Crippen LogP contribution in [0.1, 0.15) is 16.8 Å². The number of para-hydroxylation sites is 1. The third-order valence-corrected chi connectivity index (χ3v) is 6.45. The Bertz CT molecular complexity index is 1240. The lowest BCUT2D eigenvalue weighted by atomic mass is 10.1. The number of nitrogens with zero attached hydrogens (tertiary/aromatic N) is 4. The second-order valence-corrected chi connectivity index (χ2v) is 8.52. The SMILES string of the molecule is COc1cc(C(=O)N(CCCn2ccnc2)c2nc3c(Cl)cccc3s2)cc(OC)c1OC.Cl. The van der Waals surface area contributed by atoms with Crippen molar-refractivity contribution < 1.29 is 19.0 Å². The van der Waals surface area contributed by atoms with Gasteiger partial charge in [0.15, 0.2) is 16.6 Å². The first-order valence-electron chi connectivity index (χ1n) is 10.2. The standard InChI is InChI=1S/C23H23ClN4O4S.ClH/c1-30-17-12-15(13-18(31-2)21(17)32-3)22(29)28(10-5-9-27-11-8-25-14-27)23-26-20-16(24)6-4-7-19(20)33-23;/h4,6-8,11-14H,5,9-10H2,1-3H3;1H. The smallest absolute Gasteiger partial charge is 0.260 e. The molecule has 2 aromatic heterocycles. The number of carbonyl (C=O) groups excluding carboxylic acids is 1. The van der Waals surface area contributed by atoms with Gasteiger partial charge in [-0.15, -0.1) is 12.4 Å². The number of hydrogen-bond donors (Lipinski definition) is 0. The largest absolute Gasteiger partial charge is 0.493 e. The molecule has 8 nitrogen and oxygen atoms in total. The van der Waals surface area contributed by atoms with Crippen molar-refractivity contribution in [1.82, 2.24) is 14.5 Å². The summed E-state index contributed by atoms with van der Waals surface area (Å²) in [6.07, 6.45) is 6.08. The van der Waals surface area contributed by atoms with Crippen molar-refractivity contribution in [2.75, 3.05) is 32.8 Å². The number of hydrogen-bond acceptors (Lipinski definition) is 7. The number of fused-ring (bicyclic) bond motifs is 1. The highest BCUT2D eigenvalue weighted by atomic mass is 35.5. The minimum atomic E-state index is -0.227. The molecule has 0 radical (unpaired) electrons. The number of amides is 1. The number of aryl methyl sites for hydroxylation is 1. The van der Waals surface area contributed by atoms with Crippen molar-refractivity contribution >= 4 is 56.6 Å². The van der Waals surface area contributed by atoms with E-state index in [1.54, 1.807) is 35.6 Å².